The van der Waals surface area contributed by atoms with E-state index in [1.54, 1.807) is 6.92 Å². The van der Waals surface area contributed by atoms with Crippen LogP contribution < -0.4 is 0 Å². The Bertz CT molecular complexity index is 312. The Morgan fingerprint density at radius 1 is 1.33 bits per heavy atom. The molecule has 1 unspecified atom stereocenters. The number of ether oxygens (including phenoxy) is 2. The van der Waals surface area contributed by atoms with Gasteiger partial charge in [0.25, 0.3) is 0 Å². The number of amides is 1. The number of piperidine rings is 1. The molecule has 2 aliphatic rings. The van der Waals surface area contributed by atoms with Crippen LogP contribution in [0.25, 0.3) is 0 Å². The van der Waals surface area contributed by atoms with Crippen LogP contribution in [0, 0.1) is 11.8 Å². The molecule has 2 aliphatic heterocycles. The molecule has 0 saturated carbocycles. The zero-order valence-corrected chi connectivity index (χ0v) is 10.9. The summed E-state index contributed by atoms with van der Waals surface area (Å²) in [5.74, 6) is -0.185. The minimum atomic E-state index is -0.169. The molecular formula is C13H21NO4. The van der Waals surface area contributed by atoms with Gasteiger partial charge in [-0.25, -0.2) is 0 Å². The molecule has 2 atom stereocenters. The van der Waals surface area contributed by atoms with E-state index in [2.05, 4.69) is 0 Å². The topological polar surface area (TPSA) is 55.8 Å². The van der Waals surface area contributed by atoms with Crippen LogP contribution in [0.4, 0.5) is 0 Å². The Morgan fingerprint density at radius 2 is 2.17 bits per heavy atom. The SMILES string of the molecule is CCOC(=O)[C@H]1CCCN(C(=O)C2CCOC2)C1. The number of esters is 1. The number of rotatable bonds is 3. The Balaban J connectivity index is 1.89. The lowest BCUT2D eigenvalue weighted by Gasteiger charge is -2.32. The molecule has 5 heteroatoms. The standard InChI is InChI=1S/C13H21NO4/c1-2-18-13(16)10-4-3-6-14(8-10)12(15)11-5-7-17-9-11/h10-11H,2-9H2,1H3/t10-,11?/m0/s1. The van der Waals surface area contributed by atoms with Crippen LogP contribution in [0.1, 0.15) is 26.2 Å². The molecule has 2 heterocycles. The maximum atomic E-state index is 12.2. The van der Waals surface area contributed by atoms with Crippen molar-refractivity contribution in [2.75, 3.05) is 32.9 Å². The molecule has 0 radical (unpaired) electrons. The fraction of sp³-hybridized carbons (Fsp3) is 0.846. The highest BCUT2D eigenvalue weighted by molar-refractivity contribution is 5.80. The largest absolute Gasteiger partial charge is 0.466 e. The molecular weight excluding hydrogens is 234 g/mol. The van der Waals surface area contributed by atoms with Crippen LogP contribution in [0.5, 0.6) is 0 Å². The first-order valence-corrected chi connectivity index (χ1v) is 6.75. The van der Waals surface area contributed by atoms with Crippen LogP contribution in [-0.4, -0.2) is 49.7 Å². The summed E-state index contributed by atoms with van der Waals surface area (Å²) in [6, 6.07) is 0. The lowest BCUT2D eigenvalue weighted by Crippen LogP contribution is -2.45. The predicted octanol–water partition coefficient (Wildman–Crippen LogP) is 0.825. The van der Waals surface area contributed by atoms with E-state index in [1.807, 2.05) is 4.90 Å². The van der Waals surface area contributed by atoms with Crippen molar-refractivity contribution < 1.29 is 19.1 Å². The lowest BCUT2D eigenvalue weighted by molar-refractivity contribution is -0.151. The van der Waals surface area contributed by atoms with Gasteiger partial charge in [-0.05, 0) is 26.2 Å². The van der Waals surface area contributed by atoms with E-state index in [-0.39, 0.29) is 23.7 Å². The van der Waals surface area contributed by atoms with E-state index in [4.69, 9.17) is 9.47 Å². The van der Waals surface area contributed by atoms with Crippen molar-refractivity contribution in [3.8, 4) is 0 Å². The highest BCUT2D eigenvalue weighted by atomic mass is 16.5. The third kappa shape index (κ3) is 3.02. The average molecular weight is 255 g/mol. The van der Waals surface area contributed by atoms with Gasteiger partial charge in [-0.2, -0.15) is 0 Å². The van der Waals surface area contributed by atoms with Gasteiger partial charge in [-0.15, -0.1) is 0 Å². The van der Waals surface area contributed by atoms with Crippen LogP contribution in [0.3, 0.4) is 0 Å². The third-order valence-corrected chi connectivity index (χ3v) is 3.63. The van der Waals surface area contributed by atoms with Gasteiger partial charge in [0.15, 0.2) is 0 Å². The number of hydrogen-bond acceptors (Lipinski definition) is 4. The molecule has 0 spiro atoms. The molecule has 18 heavy (non-hydrogen) atoms. The normalized spacial score (nSPS) is 28.2. The lowest BCUT2D eigenvalue weighted by atomic mass is 9.96. The van der Waals surface area contributed by atoms with Gasteiger partial charge in [0.1, 0.15) is 0 Å². The second kappa shape index (κ2) is 6.18. The van der Waals surface area contributed by atoms with Gasteiger partial charge in [0, 0.05) is 19.7 Å². The first kappa shape index (κ1) is 13.3. The van der Waals surface area contributed by atoms with Crippen molar-refractivity contribution in [3.63, 3.8) is 0 Å². The first-order valence-electron chi connectivity index (χ1n) is 6.75. The zero-order chi connectivity index (χ0) is 13.0. The van der Waals surface area contributed by atoms with Crippen molar-refractivity contribution in [3.05, 3.63) is 0 Å². The van der Waals surface area contributed by atoms with E-state index >= 15 is 0 Å². The van der Waals surface area contributed by atoms with Crippen LogP contribution in [0.2, 0.25) is 0 Å². The smallest absolute Gasteiger partial charge is 0.310 e. The summed E-state index contributed by atoms with van der Waals surface area (Å²) in [5, 5.41) is 0. The predicted molar refractivity (Wildman–Crippen MR) is 64.9 cm³/mol. The number of nitrogens with zero attached hydrogens (tertiary/aromatic N) is 1. The molecule has 5 nitrogen and oxygen atoms in total. The number of carbonyl (C=O) groups is 2. The van der Waals surface area contributed by atoms with Crippen molar-refractivity contribution in [2.24, 2.45) is 11.8 Å². The second-order valence-corrected chi connectivity index (χ2v) is 4.94. The number of hydrogen-bond donors (Lipinski definition) is 0. The quantitative estimate of drug-likeness (QED) is 0.701. The number of carbonyl (C=O) groups excluding carboxylic acids is 2. The maximum Gasteiger partial charge on any atom is 0.310 e. The molecule has 0 aromatic carbocycles. The summed E-state index contributed by atoms with van der Waals surface area (Å²) in [6.45, 7) is 4.67. The van der Waals surface area contributed by atoms with E-state index in [0.717, 1.165) is 25.8 Å². The van der Waals surface area contributed by atoms with Gasteiger partial charge in [0.05, 0.1) is 25.0 Å². The minimum absolute atomic E-state index is 0.00838. The molecule has 0 aromatic heterocycles. The Kier molecular flexibility index (Phi) is 4.58. The van der Waals surface area contributed by atoms with Gasteiger partial charge >= 0.3 is 5.97 Å². The van der Waals surface area contributed by atoms with Crippen LogP contribution in [-0.2, 0) is 19.1 Å². The molecule has 0 N–H and O–H groups in total. The second-order valence-electron chi connectivity index (χ2n) is 4.94. The molecule has 2 rings (SSSR count). The average Bonchev–Trinajstić information content (AvgIpc) is 2.92. The van der Waals surface area contributed by atoms with E-state index in [9.17, 15) is 9.59 Å². The molecule has 0 aromatic rings. The van der Waals surface area contributed by atoms with E-state index < -0.39 is 0 Å². The van der Waals surface area contributed by atoms with Crippen LogP contribution in [0.15, 0.2) is 0 Å². The van der Waals surface area contributed by atoms with Crippen molar-refractivity contribution in [2.45, 2.75) is 26.2 Å². The van der Waals surface area contributed by atoms with Crippen LogP contribution >= 0.6 is 0 Å². The Morgan fingerprint density at radius 3 is 2.83 bits per heavy atom. The van der Waals surface area contributed by atoms with Crippen molar-refractivity contribution in [1.29, 1.82) is 0 Å². The van der Waals surface area contributed by atoms with Crippen molar-refractivity contribution >= 4 is 11.9 Å². The van der Waals surface area contributed by atoms with Crippen molar-refractivity contribution in [1.82, 2.24) is 4.90 Å². The highest BCUT2D eigenvalue weighted by Gasteiger charge is 2.33. The van der Waals surface area contributed by atoms with Gasteiger partial charge < -0.3 is 14.4 Å². The molecule has 1 amide bonds. The third-order valence-electron chi connectivity index (χ3n) is 3.63. The summed E-state index contributed by atoms with van der Waals surface area (Å²) in [5.41, 5.74) is 0. The summed E-state index contributed by atoms with van der Waals surface area (Å²) in [6.07, 6.45) is 2.51. The summed E-state index contributed by atoms with van der Waals surface area (Å²) >= 11 is 0. The molecule has 102 valence electrons. The summed E-state index contributed by atoms with van der Waals surface area (Å²) in [4.78, 5) is 25.7. The minimum Gasteiger partial charge on any atom is -0.466 e. The van der Waals surface area contributed by atoms with Gasteiger partial charge in [-0.1, -0.05) is 0 Å². The molecule has 0 aliphatic carbocycles. The maximum absolute atomic E-state index is 12.2. The summed E-state index contributed by atoms with van der Waals surface area (Å²) in [7, 11) is 0. The van der Waals surface area contributed by atoms with E-state index in [1.165, 1.54) is 0 Å². The fourth-order valence-corrected chi connectivity index (χ4v) is 2.62. The van der Waals surface area contributed by atoms with E-state index in [0.29, 0.717) is 26.4 Å². The monoisotopic (exact) mass is 255 g/mol. The molecule has 2 saturated heterocycles. The van der Waals surface area contributed by atoms with Gasteiger partial charge in [-0.3, -0.25) is 9.59 Å². The highest BCUT2D eigenvalue weighted by Crippen LogP contribution is 2.22. The molecule has 0 bridgehead atoms. The Hall–Kier alpha value is -1.10. The molecule has 2 fully saturated rings. The van der Waals surface area contributed by atoms with Gasteiger partial charge in [0.2, 0.25) is 5.91 Å². The Labute approximate surface area is 107 Å². The fourth-order valence-electron chi connectivity index (χ4n) is 2.62. The number of likely N-dealkylation sites (tertiary alicyclic amines) is 1. The summed E-state index contributed by atoms with van der Waals surface area (Å²) < 4.78 is 10.3. The first-order chi connectivity index (χ1) is 8.72. The zero-order valence-electron chi connectivity index (χ0n) is 10.9.